The molecule has 0 atom stereocenters. The van der Waals surface area contributed by atoms with Gasteiger partial charge < -0.3 is 14.8 Å². The second kappa shape index (κ2) is 11.7. The Kier molecular flexibility index (Phi) is 10.7. The summed E-state index contributed by atoms with van der Waals surface area (Å²) in [5.74, 6) is 0. The molecule has 1 amide bonds. The summed E-state index contributed by atoms with van der Waals surface area (Å²) < 4.78 is 9.51. The Morgan fingerprint density at radius 1 is 1.31 bits per heavy atom. The van der Waals surface area contributed by atoms with Crippen molar-refractivity contribution in [3.8, 4) is 0 Å². The van der Waals surface area contributed by atoms with Gasteiger partial charge in [0.1, 0.15) is 6.61 Å². The second-order valence-corrected chi connectivity index (χ2v) is 3.09. The molecule has 0 unspecified atom stereocenters. The third kappa shape index (κ3) is 10.7. The molecule has 0 radical (unpaired) electrons. The molecule has 0 aromatic heterocycles. The zero-order chi connectivity index (χ0) is 12.1. The summed E-state index contributed by atoms with van der Waals surface area (Å²) in [4.78, 5) is 24.2. The minimum absolute atomic E-state index is 0.260. The number of isocyanates is 1. The van der Waals surface area contributed by atoms with Crippen molar-refractivity contribution in [3.63, 3.8) is 0 Å². The van der Waals surface area contributed by atoms with Crippen LogP contribution in [0.2, 0.25) is 0 Å². The Bertz CT molecular complexity index is 227. The van der Waals surface area contributed by atoms with Crippen molar-refractivity contribution in [1.29, 1.82) is 0 Å². The molecule has 0 aliphatic carbocycles. The molecule has 0 rings (SSSR count). The molecule has 0 saturated heterocycles. The lowest BCUT2D eigenvalue weighted by molar-refractivity contribution is 0.0985. The van der Waals surface area contributed by atoms with Crippen molar-refractivity contribution < 1.29 is 19.1 Å². The highest BCUT2D eigenvalue weighted by molar-refractivity contribution is 5.66. The first kappa shape index (κ1) is 14.6. The highest BCUT2D eigenvalue weighted by Crippen LogP contribution is 1.94. The first-order chi connectivity index (χ1) is 7.81. The fourth-order valence-electron chi connectivity index (χ4n) is 0.997. The molecule has 0 aromatic rings. The number of nitrogens with one attached hydrogen (secondary N) is 1. The van der Waals surface area contributed by atoms with E-state index in [0.29, 0.717) is 19.7 Å². The van der Waals surface area contributed by atoms with Crippen molar-refractivity contribution in [2.24, 2.45) is 4.99 Å². The molecular formula is C10H18N2O4. The first-order valence-electron chi connectivity index (χ1n) is 5.24. The number of methoxy groups -OCH3 is 1. The van der Waals surface area contributed by atoms with E-state index >= 15 is 0 Å². The number of rotatable bonds is 9. The van der Waals surface area contributed by atoms with Crippen LogP contribution in [0.25, 0.3) is 0 Å². The Labute approximate surface area is 95.0 Å². The maximum Gasteiger partial charge on any atom is 0.407 e. The molecule has 0 saturated carbocycles. The highest BCUT2D eigenvalue weighted by atomic mass is 16.6. The molecule has 6 heteroatoms. The molecular weight excluding hydrogens is 212 g/mol. The van der Waals surface area contributed by atoms with Gasteiger partial charge >= 0.3 is 6.09 Å². The molecule has 0 aliphatic heterocycles. The summed E-state index contributed by atoms with van der Waals surface area (Å²) in [6, 6.07) is 0. The maximum absolute atomic E-state index is 11.0. The van der Waals surface area contributed by atoms with E-state index in [0.717, 1.165) is 19.3 Å². The van der Waals surface area contributed by atoms with Gasteiger partial charge in [0, 0.05) is 13.7 Å². The van der Waals surface area contributed by atoms with Crippen molar-refractivity contribution in [2.45, 2.75) is 19.3 Å². The number of nitrogens with zero attached hydrogens (tertiary/aromatic N) is 1. The van der Waals surface area contributed by atoms with E-state index in [1.54, 1.807) is 7.11 Å². The molecule has 0 aromatic carbocycles. The monoisotopic (exact) mass is 230 g/mol. The maximum atomic E-state index is 11.0. The summed E-state index contributed by atoms with van der Waals surface area (Å²) in [6.07, 6.45) is 3.63. The zero-order valence-electron chi connectivity index (χ0n) is 9.53. The Morgan fingerprint density at radius 2 is 2.12 bits per heavy atom. The Morgan fingerprint density at radius 3 is 2.81 bits per heavy atom. The van der Waals surface area contributed by atoms with E-state index in [9.17, 15) is 9.59 Å². The molecule has 1 N–H and O–H groups in total. The number of carbonyl (C=O) groups excluding carboxylic acids is 2. The van der Waals surface area contributed by atoms with Crippen LogP contribution in [0.1, 0.15) is 19.3 Å². The third-order valence-corrected chi connectivity index (χ3v) is 1.80. The first-order valence-corrected chi connectivity index (χ1v) is 5.24. The van der Waals surface area contributed by atoms with E-state index in [-0.39, 0.29) is 6.61 Å². The van der Waals surface area contributed by atoms with Gasteiger partial charge in [-0.3, -0.25) is 0 Å². The highest BCUT2D eigenvalue weighted by Gasteiger charge is 1.99. The van der Waals surface area contributed by atoms with Crippen LogP contribution in [0.4, 0.5) is 4.79 Å². The van der Waals surface area contributed by atoms with Crippen LogP contribution in [0.15, 0.2) is 4.99 Å². The largest absolute Gasteiger partial charge is 0.447 e. The van der Waals surface area contributed by atoms with Crippen molar-refractivity contribution in [3.05, 3.63) is 0 Å². The van der Waals surface area contributed by atoms with E-state index in [4.69, 9.17) is 9.47 Å². The molecule has 0 bridgehead atoms. The topological polar surface area (TPSA) is 77.0 Å². The summed E-state index contributed by atoms with van der Waals surface area (Å²) >= 11 is 0. The number of hydrogen-bond donors (Lipinski definition) is 1. The molecule has 16 heavy (non-hydrogen) atoms. The van der Waals surface area contributed by atoms with Crippen LogP contribution in [0, 0.1) is 0 Å². The number of alkyl carbamates (subject to hydrolysis) is 1. The fourth-order valence-corrected chi connectivity index (χ4v) is 0.997. The average molecular weight is 230 g/mol. The van der Waals surface area contributed by atoms with Crippen LogP contribution in [-0.4, -0.2) is 45.6 Å². The minimum Gasteiger partial charge on any atom is -0.447 e. The molecule has 6 nitrogen and oxygen atoms in total. The van der Waals surface area contributed by atoms with Crippen LogP contribution in [0.5, 0.6) is 0 Å². The third-order valence-electron chi connectivity index (χ3n) is 1.80. The molecule has 0 spiro atoms. The second-order valence-electron chi connectivity index (χ2n) is 3.09. The smallest absolute Gasteiger partial charge is 0.407 e. The lowest BCUT2D eigenvalue weighted by Gasteiger charge is -2.05. The van der Waals surface area contributed by atoms with E-state index in [1.807, 2.05) is 0 Å². The van der Waals surface area contributed by atoms with Crippen molar-refractivity contribution in [1.82, 2.24) is 5.32 Å². The Hall–Kier alpha value is -1.39. The number of aliphatic imine (C=N–C) groups is 1. The fraction of sp³-hybridized carbons (Fsp3) is 0.800. The standard InChI is InChI=1S/C10H18N2O4/c1-15-7-8-16-10(14)12-6-4-2-3-5-11-9-13/h2-8H2,1H3,(H,12,14). The van der Waals surface area contributed by atoms with Gasteiger partial charge in [0.2, 0.25) is 6.08 Å². The van der Waals surface area contributed by atoms with Gasteiger partial charge in [-0.25, -0.2) is 14.6 Å². The predicted molar refractivity (Wildman–Crippen MR) is 58.1 cm³/mol. The van der Waals surface area contributed by atoms with Crippen LogP contribution in [0.3, 0.4) is 0 Å². The van der Waals surface area contributed by atoms with Gasteiger partial charge in [0.15, 0.2) is 0 Å². The number of unbranched alkanes of at least 4 members (excludes halogenated alkanes) is 2. The summed E-state index contributed by atoms with van der Waals surface area (Å²) in [7, 11) is 1.54. The van der Waals surface area contributed by atoms with Gasteiger partial charge in [-0.2, -0.15) is 0 Å². The lowest BCUT2D eigenvalue weighted by Crippen LogP contribution is -2.26. The summed E-state index contributed by atoms with van der Waals surface area (Å²) in [6.45, 7) is 1.73. The SMILES string of the molecule is COCCOC(=O)NCCCCCN=C=O. The number of carbonyl (C=O) groups is 1. The van der Waals surface area contributed by atoms with Gasteiger partial charge in [0.05, 0.1) is 13.2 Å². The van der Waals surface area contributed by atoms with E-state index < -0.39 is 6.09 Å². The van der Waals surface area contributed by atoms with Crippen LogP contribution in [-0.2, 0) is 14.3 Å². The summed E-state index contributed by atoms with van der Waals surface area (Å²) in [5.41, 5.74) is 0. The Balaban J connectivity index is 3.17. The normalized spacial score (nSPS) is 9.31. The number of hydrogen-bond acceptors (Lipinski definition) is 5. The van der Waals surface area contributed by atoms with Gasteiger partial charge in [-0.15, -0.1) is 0 Å². The van der Waals surface area contributed by atoms with Crippen molar-refractivity contribution >= 4 is 12.2 Å². The number of amides is 1. The number of ether oxygens (including phenoxy) is 2. The summed E-state index contributed by atoms with van der Waals surface area (Å²) in [5, 5.41) is 2.61. The molecule has 0 fully saturated rings. The van der Waals surface area contributed by atoms with Crippen molar-refractivity contribution in [2.75, 3.05) is 33.4 Å². The zero-order valence-corrected chi connectivity index (χ0v) is 9.53. The quantitative estimate of drug-likeness (QED) is 0.362. The van der Waals surface area contributed by atoms with E-state index in [2.05, 4.69) is 10.3 Å². The lowest BCUT2D eigenvalue weighted by atomic mass is 10.2. The van der Waals surface area contributed by atoms with Gasteiger partial charge in [0.25, 0.3) is 0 Å². The molecule has 0 heterocycles. The predicted octanol–water partition coefficient (Wildman–Crippen LogP) is 0.865. The van der Waals surface area contributed by atoms with Crippen LogP contribution >= 0.6 is 0 Å². The van der Waals surface area contributed by atoms with Gasteiger partial charge in [-0.05, 0) is 19.3 Å². The minimum atomic E-state index is -0.428. The average Bonchev–Trinajstić information content (AvgIpc) is 2.28. The van der Waals surface area contributed by atoms with Gasteiger partial charge in [-0.1, -0.05) is 0 Å². The van der Waals surface area contributed by atoms with E-state index in [1.165, 1.54) is 6.08 Å². The van der Waals surface area contributed by atoms with Crippen LogP contribution < -0.4 is 5.32 Å². The molecule has 0 aliphatic rings. The molecule has 92 valence electrons.